The van der Waals surface area contributed by atoms with E-state index in [1.54, 1.807) is 11.8 Å². The van der Waals surface area contributed by atoms with Crippen LogP contribution in [-0.2, 0) is 4.79 Å². The van der Waals surface area contributed by atoms with Crippen LogP contribution in [0.3, 0.4) is 0 Å². The van der Waals surface area contributed by atoms with E-state index < -0.39 is 0 Å². The molecule has 0 aromatic heterocycles. The summed E-state index contributed by atoms with van der Waals surface area (Å²) in [7, 11) is 2.03. The van der Waals surface area contributed by atoms with Crippen LogP contribution < -0.4 is 10.5 Å². The summed E-state index contributed by atoms with van der Waals surface area (Å²) in [5.74, 6) is 0.0528. The third-order valence-electron chi connectivity index (χ3n) is 3.67. The number of piperazine rings is 1. The SMILES string of the molecule is CC(N)c1cc(F)ccc1OCC(=O)N1CCN(C)CC1. The van der Waals surface area contributed by atoms with Gasteiger partial charge in [0.1, 0.15) is 11.6 Å². The highest BCUT2D eigenvalue weighted by atomic mass is 19.1. The summed E-state index contributed by atoms with van der Waals surface area (Å²) in [4.78, 5) is 16.1. The minimum atomic E-state index is -0.361. The van der Waals surface area contributed by atoms with Crippen LogP contribution in [0.2, 0.25) is 0 Å². The molecule has 1 aliphatic rings. The Bertz CT molecular complexity index is 500. The molecule has 0 radical (unpaired) electrons. The van der Waals surface area contributed by atoms with Crippen LogP contribution in [0, 0.1) is 5.82 Å². The second-order valence-corrected chi connectivity index (χ2v) is 5.44. The number of carbonyl (C=O) groups excluding carboxylic acids is 1. The maximum atomic E-state index is 13.2. The van der Waals surface area contributed by atoms with E-state index in [-0.39, 0.29) is 24.4 Å². The van der Waals surface area contributed by atoms with Gasteiger partial charge in [-0.05, 0) is 32.2 Å². The highest BCUT2D eigenvalue weighted by molar-refractivity contribution is 5.78. The van der Waals surface area contributed by atoms with Crippen LogP contribution in [-0.4, -0.2) is 55.5 Å². The Hall–Kier alpha value is -1.66. The summed E-state index contributed by atoms with van der Waals surface area (Å²) in [6.45, 7) is 4.87. The van der Waals surface area contributed by atoms with Gasteiger partial charge in [0.25, 0.3) is 5.91 Å². The second kappa shape index (κ2) is 6.87. The summed E-state index contributed by atoms with van der Waals surface area (Å²) in [6.07, 6.45) is 0. The molecule has 1 heterocycles. The number of amides is 1. The van der Waals surface area contributed by atoms with Crippen LogP contribution in [0.5, 0.6) is 5.75 Å². The van der Waals surface area contributed by atoms with Gasteiger partial charge >= 0.3 is 0 Å². The number of benzene rings is 1. The lowest BCUT2D eigenvalue weighted by Gasteiger charge is -2.32. The Kier molecular flexibility index (Phi) is 5.14. The molecule has 1 atom stereocenters. The summed E-state index contributed by atoms with van der Waals surface area (Å²) in [5.41, 5.74) is 6.37. The highest BCUT2D eigenvalue weighted by Crippen LogP contribution is 2.24. The van der Waals surface area contributed by atoms with Crippen LogP contribution >= 0.6 is 0 Å². The van der Waals surface area contributed by atoms with E-state index in [9.17, 15) is 9.18 Å². The largest absolute Gasteiger partial charge is 0.483 e. The van der Waals surface area contributed by atoms with Gasteiger partial charge in [-0.25, -0.2) is 4.39 Å². The van der Waals surface area contributed by atoms with Gasteiger partial charge in [-0.15, -0.1) is 0 Å². The predicted octanol–water partition coefficient (Wildman–Crippen LogP) is 0.998. The maximum absolute atomic E-state index is 13.2. The molecule has 1 unspecified atom stereocenters. The van der Waals surface area contributed by atoms with E-state index in [2.05, 4.69) is 4.90 Å². The molecule has 0 spiro atoms. The van der Waals surface area contributed by atoms with Gasteiger partial charge in [-0.1, -0.05) is 0 Å². The average molecular weight is 295 g/mol. The van der Waals surface area contributed by atoms with Gasteiger partial charge in [-0.2, -0.15) is 0 Å². The Morgan fingerprint density at radius 1 is 1.38 bits per heavy atom. The Balaban J connectivity index is 1.95. The van der Waals surface area contributed by atoms with E-state index in [1.165, 1.54) is 18.2 Å². The first-order valence-electron chi connectivity index (χ1n) is 7.11. The van der Waals surface area contributed by atoms with Gasteiger partial charge in [-0.3, -0.25) is 4.79 Å². The van der Waals surface area contributed by atoms with Gasteiger partial charge in [0.05, 0.1) is 0 Å². The third kappa shape index (κ3) is 4.15. The Morgan fingerprint density at radius 2 is 2.05 bits per heavy atom. The predicted molar refractivity (Wildman–Crippen MR) is 78.6 cm³/mol. The highest BCUT2D eigenvalue weighted by Gasteiger charge is 2.20. The van der Waals surface area contributed by atoms with Crippen molar-refractivity contribution < 1.29 is 13.9 Å². The van der Waals surface area contributed by atoms with Crippen molar-refractivity contribution in [3.63, 3.8) is 0 Å². The van der Waals surface area contributed by atoms with E-state index in [0.29, 0.717) is 24.4 Å². The Morgan fingerprint density at radius 3 is 2.67 bits per heavy atom. The van der Waals surface area contributed by atoms with Crippen LogP contribution in [0.1, 0.15) is 18.5 Å². The number of carbonyl (C=O) groups is 1. The fourth-order valence-corrected chi connectivity index (χ4v) is 2.29. The number of likely N-dealkylation sites (N-methyl/N-ethyl adjacent to an activating group) is 1. The molecule has 6 heteroatoms. The molecular weight excluding hydrogens is 273 g/mol. The summed E-state index contributed by atoms with van der Waals surface area (Å²) >= 11 is 0. The van der Waals surface area contributed by atoms with Crippen molar-refractivity contribution in [2.24, 2.45) is 5.73 Å². The molecule has 1 amide bonds. The van der Waals surface area contributed by atoms with Crippen molar-refractivity contribution in [3.8, 4) is 5.75 Å². The third-order valence-corrected chi connectivity index (χ3v) is 3.67. The molecule has 1 saturated heterocycles. The number of halogens is 1. The van der Waals surface area contributed by atoms with Gasteiger partial charge < -0.3 is 20.3 Å². The lowest BCUT2D eigenvalue weighted by atomic mass is 10.1. The lowest BCUT2D eigenvalue weighted by Crippen LogP contribution is -2.48. The summed E-state index contributed by atoms with van der Waals surface area (Å²) in [5, 5.41) is 0. The van der Waals surface area contributed by atoms with E-state index >= 15 is 0 Å². The number of hydrogen-bond donors (Lipinski definition) is 1. The number of nitrogens with two attached hydrogens (primary N) is 1. The molecule has 0 bridgehead atoms. The van der Waals surface area contributed by atoms with Crippen LogP contribution in [0.25, 0.3) is 0 Å². The van der Waals surface area contributed by atoms with Crippen LogP contribution in [0.4, 0.5) is 4.39 Å². The Labute approximate surface area is 124 Å². The first-order valence-corrected chi connectivity index (χ1v) is 7.11. The molecule has 0 saturated carbocycles. The standard InChI is InChI=1S/C15H22FN3O2/c1-11(17)13-9-12(16)3-4-14(13)21-10-15(20)19-7-5-18(2)6-8-19/h3-4,9,11H,5-8,10,17H2,1-2H3. The zero-order valence-corrected chi connectivity index (χ0v) is 12.5. The first-order chi connectivity index (χ1) is 9.97. The molecule has 21 heavy (non-hydrogen) atoms. The number of rotatable bonds is 4. The van der Waals surface area contributed by atoms with E-state index in [0.717, 1.165) is 13.1 Å². The number of hydrogen-bond acceptors (Lipinski definition) is 4. The first kappa shape index (κ1) is 15.7. The van der Waals surface area contributed by atoms with Crippen molar-refractivity contribution in [2.45, 2.75) is 13.0 Å². The maximum Gasteiger partial charge on any atom is 0.260 e. The molecular formula is C15H22FN3O2. The normalized spacial score (nSPS) is 17.6. The molecule has 1 aromatic rings. The van der Waals surface area contributed by atoms with Crippen LogP contribution in [0.15, 0.2) is 18.2 Å². The van der Waals surface area contributed by atoms with Crippen molar-refractivity contribution in [2.75, 3.05) is 39.8 Å². The lowest BCUT2D eigenvalue weighted by molar-refractivity contribution is -0.134. The fourth-order valence-electron chi connectivity index (χ4n) is 2.29. The smallest absolute Gasteiger partial charge is 0.260 e. The average Bonchev–Trinajstić information content (AvgIpc) is 2.46. The zero-order valence-electron chi connectivity index (χ0n) is 12.5. The van der Waals surface area contributed by atoms with Crippen molar-refractivity contribution in [1.29, 1.82) is 0 Å². The monoisotopic (exact) mass is 295 g/mol. The molecule has 2 rings (SSSR count). The minimum Gasteiger partial charge on any atom is -0.483 e. The fraction of sp³-hybridized carbons (Fsp3) is 0.533. The van der Waals surface area contributed by atoms with Crippen molar-refractivity contribution in [3.05, 3.63) is 29.6 Å². The minimum absolute atomic E-state index is 0.0466. The van der Waals surface area contributed by atoms with Gasteiger partial charge in [0, 0.05) is 37.8 Å². The molecule has 5 nitrogen and oxygen atoms in total. The molecule has 116 valence electrons. The van der Waals surface area contributed by atoms with E-state index in [1.807, 2.05) is 7.05 Å². The van der Waals surface area contributed by atoms with Crippen molar-refractivity contribution >= 4 is 5.91 Å². The quantitative estimate of drug-likeness (QED) is 0.900. The van der Waals surface area contributed by atoms with Gasteiger partial charge in [0.2, 0.25) is 0 Å². The molecule has 2 N–H and O–H groups in total. The number of nitrogens with zero attached hydrogens (tertiary/aromatic N) is 2. The molecule has 1 aliphatic heterocycles. The molecule has 0 aliphatic carbocycles. The summed E-state index contributed by atoms with van der Waals surface area (Å²) < 4.78 is 18.8. The molecule has 1 fully saturated rings. The summed E-state index contributed by atoms with van der Waals surface area (Å²) in [6, 6.07) is 3.82. The zero-order chi connectivity index (χ0) is 15.4. The van der Waals surface area contributed by atoms with Crippen molar-refractivity contribution in [1.82, 2.24) is 9.80 Å². The molecule has 1 aromatic carbocycles. The topological polar surface area (TPSA) is 58.8 Å². The van der Waals surface area contributed by atoms with Gasteiger partial charge in [0.15, 0.2) is 6.61 Å². The van der Waals surface area contributed by atoms with E-state index in [4.69, 9.17) is 10.5 Å². The number of ether oxygens (including phenoxy) is 1. The second-order valence-electron chi connectivity index (χ2n) is 5.44.